The summed E-state index contributed by atoms with van der Waals surface area (Å²) in [5.41, 5.74) is 0.504. The van der Waals surface area contributed by atoms with Crippen molar-refractivity contribution >= 4 is 33.6 Å². The van der Waals surface area contributed by atoms with Gasteiger partial charge in [0.05, 0.1) is 4.92 Å². The summed E-state index contributed by atoms with van der Waals surface area (Å²) in [6.45, 7) is 3.98. The van der Waals surface area contributed by atoms with Crippen LogP contribution >= 0.6 is 15.9 Å². The summed E-state index contributed by atoms with van der Waals surface area (Å²) < 4.78 is 0.682. The lowest BCUT2D eigenvalue weighted by atomic mass is 10.2. The van der Waals surface area contributed by atoms with Gasteiger partial charge in [-0.25, -0.2) is 0 Å². The minimum Gasteiger partial charge on any atom is -0.375 e. The van der Waals surface area contributed by atoms with Gasteiger partial charge in [-0.1, -0.05) is 22.5 Å². The van der Waals surface area contributed by atoms with Crippen LogP contribution in [0.15, 0.2) is 29.3 Å². The zero-order chi connectivity index (χ0) is 12.1. The fourth-order valence-corrected chi connectivity index (χ4v) is 1.25. The topological polar surface area (TPSA) is 72.2 Å². The first-order valence-electron chi connectivity index (χ1n) is 4.35. The molecule has 0 amide bonds. The van der Waals surface area contributed by atoms with Crippen LogP contribution in [-0.4, -0.2) is 17.8 Å². The molecule has 0 spiro atoms. The first kappa shape index (κ1) is 12.4. The standard InChI is InChI=1S/C10H9BrN2O3/c1-7(11)5-12-9-3-2-8(6-14)4-10(9)13(15)16/h2-4,6,12H,1,5H2. The Hall–Kier alpha value is -1.69. The number of carbonyl (C=O) groups excluding carboxylic acids is 1. The largest absolute Gasteiger partial charge is 0.375 e. The highest BCUT2D eigenvalue weighted by Crippen LogP contribution is 2.25. The molecule has 0 unspecified atom stereocenters. The molecule has 0 saturated carbocycles. The van der Waals surface area contributed by atoms with E-state index in [0.29, 0.717) is 23.0 Å². The molecule has 1 aromatic rings. The van der Waals surface area contributed by atoms with E-state index in [9.17, 15) is 14.9 Å². The average molecular weight is 285 g/mol. The van der Waals surface area contributed by atoms with Crippen LogP contribution in [0, 0.1) is 10.1 Å². The van der Waals surface area contributed by atoms with Crippen LogP contribution in [0.5, 0.6) is 0 Å². The first-order valence-corrected chi connectivity index (χ1v) is 5.14. The lowest BCUT2D eigenvalue weighted by Crippen LogP contribution is -2.04. The molecule has 1 N–H and O–H groups in total. The number of nitro groups is 1. The highest BCUT2D eigenvalue weighted by molar-refractivity contribution is 9.11. The second kappa shape index (κ2) is 5.41. The number of halogens is 1. The Morgan fingerprint density at radius 2 is 2.31 bits per heavy atom. The van der Waals surface area contributed by atoms with Crippen molar-refractivity contribution in [3.05, 3.63) is 44.9 Å². The number of nitrogens with one attached hydrogen (secondary N) is 1. The molecule has 0 radical (unpaired) electrons. The van der Waals surface area contributed by atoms with Crippen molar-refractivity contribution in [2.75, 3.05) is 11.9 Å². The number of nitrogens with zero attached hydrogens (tertiary/aromatic N) is 1. The first-order chi connectivity index (χ1) is 7.54. The van der Waals surface area contributed by atoms with E-state index in [0.717, 1.165) is 0 Å². The molecule has 1 rings (SSSR count). The second-order valence-electron chi connectivity index (χ2n) is 3.02. The summed E-state index contributed by atoms with van der Waals surface area (Å²) in [7, 11) is 0. The number of rotatable bonds is 5. The lowest BCUT2D eigenvalue weighted by Gasteiger charge is -2.06. The Morgan fingerprint density at radius 3 is 2.81 bits per heavy atom. The second-order valence-corrected chi connectivity index (χ2v) is 4.14. The predicted octanol–water partition coefficient (Wildman–Crippen LogP) is 2.73. The van der Waals surface area contributed by atoms with Gasteiger partial charge in [0, 0.05) is 22.7 Å². The number of hydrogen-bond donors (Lipinski definition) is 1. The quantitative estimate of drug-likeness (QED) is 0.513. The van der Waals surface area contributed by atoms with Gasteiger partial charge < -0.3 is 5.32 Å². The molecule has 0 atom stereocenters. The fourth-order valence-electron chi connectivity index (χ4n) is 1.11. The van der Waals surface area contributed by atoms with Gasteiger partial charge in [0.2, 0.25) is 0 Å². The third-order valence-corrected chi connectivity index (χ3v) is 2.11. The Kier molecular flexibility index (Phi) is 4.19. The molecule has 0 aromatic heterocycles. The van der Waals surface area contributed by atoms with Gasteiger partial charge in [-0.3, -0.25) is 14.9 Å². The van der Waals surface area contributed by atoms with Crippen LogP contribution in [0.3, 0.4) is 0 Å². The molecular weight excluding hydrogens is 276 g/mol. The number of benzene rings is 1. The molecule has 16 heavy (non-hydrogen) atoms. The lowest BCUT2D eigenvalue weighted by molar-refractivity contribution is -0.384. The van der Waals surface area contributed by atoms with Crippen LogP contribution in [0.1, 0.15) is 10.4 Å². The van der Waals surface area contributed by atoms with Crippen LogP contribution in [-0.2, 0) is 0 Å². The van der Waals surface area contributed by atoms with Crippen molar-refractivity contribution in [2.24, 2.45) is 0 Å². The van der Waals surface area contributed by atoms with E-state index in [1.54, 1.807) is 0 Å². The number of carbonyl (C=O) groups is 1. The van der Waals surface area contributed by atoms with Crippen molar-refractivity contribution in [2.45, 2.75) is 0 Å². The Balaban J connectivity index is 3.03. The molecule has 0 saturated heterocycles. The van der Waals surface area contributed by atoms with Crippen LogP contribution in [0.2, 0.25) is 0 Å². The van der Waals surface area contributed by atoms with Gasteiger partial charge in [0.1, 0.15) is 12.0 Å². The van der Waals surface area contributed by atoms with Crippen molar-refractivity contribution in [1.82, 2.24) is 0 Å². The summed E-state index contributed by atoms with van der Waals surface area (Å²) >= 11 is 3.14. The van der Waals surface area contributed by atoms with E-state index in [4.69, 9.17) is 0 Å². The van der Waals surface area contributed by atoms with Crippen molar-refractivity contribution in [1.29, 1.82) is 0 Å². The molecule has 0 aliphatic heterocycles. The number of aldehydes is 1. The molecule has 1 aromatic carbocycles. The summed E-state index contributed by atoms with van der Waals surface area (Å²) in [5, 5.41) is 13.6. The molecule has 0 bridgehead atoms. The maximum Gasteiger partial charge on any atom is 0.293 e. The van der Waals surface area contributed by atoms with Gasteiger partial charge in [0.15, 0.2) is 0 Å². The minimum absolute atomic E-state index is 0.127. The Morgan fingerprint density at radius 1 is 1.62 bits per heavy atom. The highest BCUT2D eigenvalue weighted by Gasteiger charge is 2.13. The minimum atomic E-state index is -0.535. The maximum absolute atomic E-state index is 10.8. The van der Waals surface area contributed by atoms with Crippen molar-refractivity contribution in [3.8, 4) is 0 Å². The average Bonchev–Trinajstić information content (AvgIpc) is 2.25. The normalized spacial score (nSPS) is 9.56. The van der Waals surface area contributed by atoms with Gasteiger partial charge in [-0.05, 0) is 12.1 Å². The van der Waals surface area contributed by atoms with Crippen LogP contribution in [0.25, 0.3) is 0 Å². The molecule has 0 fully saturated rings. The van der Waals surface area contributed by atoms with Crippen LogP contribution in [0.4, 0.5) is 11.4 Å². The highest BCUT2D eigenvalue weighted by atomic mass is 79.9. The molecule has 84 valence electrons. The molecular formula is C10H9BrN2O3. The van der Waals surface area contributed by atoms with Gasteiger partial charge in [-0.2, -0.15) is 0 Å². The molecule has 6 heteroatoms. The van der Waals surface area contributed by atoms with Gasteiger partial charge in [0.25, 0.3) is 5.69 Å². The molecule has 0 aliphatic rings. The van der Waals surface area contributed by atoms with E-state index in [-0.39, 0.29) is 11.3 Å². The Bertz CT molecular complexity index is 446. The summed E-state index contributed by atoms with van der Waals surface area (Å²) in [6, 6.07) is 4.24. The number of nitro benzene ring substituents is 1. The summed E-state index contributed by atoms with van der Waals surface area (Å²) in [5.74, 6) is 0. The fraction of sp³-hybridized carbons (Fsp3) is 0.100. The number of hydrogen-bond acceptors (Lipinski definition) is 4. The molecule has 0 heterocycles. The van der Waals surface area contributed by atoms with Gasteiger partial charge >= 0.3 is 0 Å². The van der Waals surface area contributed by atoms with Crippen LogP contribution < -0.4 is 5.32 Å². The Labute approximate surface area is 100 Å². The van der Waals surface area contributed by atoms with E-state index in [2.05, 4.69) is 27.8 Å². The SMILES string of the molecule is C=C(Br)CNc1ccc(C=O)cc1[N+](=O)[O-]. The smallest absolute Gasteiger partial charge is 0.293 e. The maximum atomic E-state index is 10.8. The van der Waals surface area contributed by atoms with Gasteiger partial charge in [-0.15, -0.1) is 0 Å². The summed E-state index contributed by atoms with van der Waals surface area (Å²) in [6.07, 6.45) is 0.570. The summed E-state index contributed by atoms with van der Waals surface area (Å²) in [4.78, 5) is 20.7. The van der Waals surface area contributed by atoms with Crippen molar-refractivity contribution in [3.63, 3.8) is 0 Å². The number of anilines is 1. The third kappa shape index (κ3) is 3.16. The monoisotopic (exact) mass is 284 g/mol. The zero-order valence-electron chi connectivity index (χ0n) is 8.27. The third-order valence-electron chi connectivity index (χ3n) is 1.83. The zero-order valence-corrected chi connectivity index (χ0v) is 9.86. The van der Waals surface area contributed by atoms with E-state index in [1.807, 2.05) is 0 Å². The predicted molar refractivity (Wildman–Crippen MR) is 65.0 cm³/mol. The molecule has 0 aliphatic carbocycles. The molecule has 5 nitrogen and oxygen atoms in total. The van der Waals surface area contributed by atoms with E-state index < -0.39 is 4.92 Å². The van der Waals surface area contributed by atoms with E-state index >= 15 is 0 Å². The van der Waals surface area contributed by atoms with E-state index in [1.165, 1.54) is 18.2 Å². The van der Waals surface area contributed by atoms with Crippen molar-refractivity contribution < 1.29 is 9.72 Å².